The zero-order valence-corrected chi connectivity index (χ0v) is 12.5. The van der Waals surface area contributed by atoms with Gasteiger partial charge in [-0.2, -0.15) is 0 Å². The molecule has 0 aliphatic rings. The zero-order chi connectivity index (χ0) is 15.4. The summed E-state index contributed by atoms with van der Waals surface area (Å²) < 4.78 is 19.1. The molecule has 0 aliphatic heterocycles. The van der Waals surface area contributed by atoms with Gasteiger partial charge in [0.05, 0.1) is 16.4 Å². The van der Waals surface area contributed by atoms with Crippen molar-refractivity contribution in [3.05, 3.63) is 52.8 Å². The van der Waals surface area contributed by atoms with Crippen molar-refractivity contribution in [3.63, 3.8) is 0 Å². The van der Waals surface area contributed by atoms with Gasteiger partial charge < -0.3 is 10.1 Å². The first-order chi connectivity index (χ1) is 10.0. The largest absolute Gasteiger partial charge is 0.424 e. The molecule has 0 atom stereocenters. The fourth-order valence-corrected chi connectivity index (χ4v) is 1.97. The van der Waals surface area contributed by atoms with Crippen molar-refractivity contribution in [3.8, 4) is 5.75 Å². The van der Waals surface area contributed by atoms with Crippen LogP contribution in [-0.2, 0) is 4.79 Å². The van der Waals surface area contributed by atoms with Gasteiger partial charge in [-0.1, -0.05) is 30.7 Å². The molecule has 0 aliphatic carbocycles. The van der Waals surface area contributed by atoms with Gasteiger partial charge in [-0.15, -0.1) is 0 Å². The third-order valence-electron chi connectivity index (χ3n) is 2.87. The highest BCUT2D eigenvalue weighted by Crippen LogP contribution is 2.33. The molecule has 1 N–H and O–H groups in total. The van der Waals surface area contributed by atoms with E-state index in [1.165, 1.54) is 12.1 Å². The highest BCUT2D eigenvalue weighted by Gasteiger charge is 2.12. The van der Waals surface area contributed by atoms with E-state index in [9.17, 15) is 9.18 Å². The van der Waals surface area contributed by atoms with Crippen LogP contribution in [0.3, 0.4) is 0 Å². The van der Waals surface area contributed by atoms with Crippen LogP contribution in [0, 0.1) is 12.7 Å². The quantitative estimate of drug-likeness (QED) is 0.648. The highest BCUT2D eigenvalue weighted by atomic mass is 35.5. The van der Waals surface area contributed by atoms with Crippen LogP contribution in [0.25, 0.3) is 0 Å². The summed E-state index contributed by atoms with van der Waals surface area (Å²) in [4.78, 5) is 11.5. The Hall–Kier alpha value is -2.07. The normalized spacial score (nSPS) is 10.3. The Morgan fingerprint density at radius 1 is 1.33 bits per heavy atom. The van der Waals surface area contributed by atoms with Crippen molar-refractivity contribution >= 4 is 28.9 Å². The van der Waals surface area contributed by atoms with Crippen LogP contribution in [0.1, 0.15) is 18.9 Å². The monoisotopic (exact) mass is 307 g/mol. The fourth-order valence-electron chi connectivity index (χ4n) is 1.76. The topological polar surface area (TPSA) is 38.3 Å². The molecular weight excluding hydrogens is 293 g/mol. The summed E-state index contributed by atoms with van der Waals surface area (Å²) in [5.74, 6) is -0.486. The number of hydrogen-bond donors (Lipinski definition) is 1. The lowest BCUT2D eigenvalue weighted by atomic mass is 10.2. The molecule has 3 nitrogen and oxygen atoms in total. The number of hydrogen-bond acceptors (Lipinski definition) is 3. The number of nitrogens with one attached hydrogen (secondary N) is 1. The molecule has 2 aromatic rings. The van der Waals surface area contributed by atoms with Crippen LogP contribution < -0.4 is 10.1 Å². The predicted octanol–water partition coefficient (Wildman–Crippen LogP) is 4.85. The van der Waals surface area contributed by atoms with Crippen molar-refractivity contribution in [1.82, 2.24) is 0 Å². The molecule has 0 saturated carbocycles. The maximum atomic E-state index is 13.8. The van der Waals surface area contributed by atoms with Gasteiger partial charge in [-0.3, -0.25) is 4.79 Å². The maximum Gasteiger partial charge on any atom is 0.310 e. The van der Waals surface area contributed by atoms with Crippen LogP contribution in [0.2, 0.25) is 5.02 Å². The maximum absolute atomic E-state index is 13.8. The number of anilines is 2. The van der Waals surface area contributed by atoms with Crippen molar-refractivity contribution in [2.24, 2.45) is 0 Å². The standard InChI is InChI=1S/C16H15ClFNO2/c1-3-15(20)21-14-9-10(2)7-8-13(14)19-16-11(17)5-4-6-12(16)18/h4-9,19H,3H2,1-2H3. The minimum atomic E-state index is -0.476. The lowest BCUT2D eigenvalue weighted by Gasteiger charge is -2.14. The van der Waals surface area contributed by atoms with Crippen LogP contribution in [0.4, 0.5) is 15.8 Å². The first-order valence-electron chi connectivity index (χ1n) is 6.53. The molecule has 0 fully saturated rings. The summed E-state index contributed by atoms with van der Waals surface area (Å²) in [7, 11) is 0. The van der Waals surface area contributed by atoms with E-state index in [4.69, 9.17) is 16.3 Å². The van der Waals surface area contributed by atoms with Crippen molar-refractivity contribution in [1.29, 1.82) is 0 Å². The number of carbonyl (C=O) groups excluding carboxylic acids is 1. The van der Waals surface area contributed by atoms with Crippen LogP contribution in [0.5, 0.6) is 5.75 Å². The van der Waals surface area contributed by atoms with Gasteiger partial charge >= 0.3 is 5.97 Å². The molecule has 0 aromatic heterocycles. The summed E-state index contributed by atoms with van der Waals surface area (Å²) in [6, 6.07) is 9.68. The smallest absolute Gasteiger partial charge is 0.310 e. The summed E-state index contributed by atoms with van der Waals surface area (Å²) in [5.41, 5.74) is 1.56. The second-order valence-electron chi connectivity index (χ2n) is 4.55. The minimum Gasteiger partial charge on any atom is -0.424 e. The summed E-state index contributed by atoms with van der Waals surface area (Å²) >= 11 is 5.99. The second-order valence-corrected chi connectivity index (χ2v) is 4.96. The number of aryl methyl sites for hydroxylation is 1. The number of carbonyl (C=O) groups is 1. The van der Waals surface area contributed by atoms with Gasteiger partial charge in [0, 0.05) is 6.42 Å². The Morgan fingerprint density at radius 2 is 2.10 bits per heavy atom. The Kier molecular flexibility index (Phi) is 4.81. The van der Waals surface area contributed by atoms with Gasteiger partial charge in [-0.25, -0.2) is 4.39 Å². The number of ether oxygens (including phenoxy) is 1. The summed E-state index contributed by atoms with van der Waals surface area (Å²) in [5, 5.41) is 3.13. The van der Waals surface area contributed by atoms with Gasteiger partial charge in [0.1, 0.15) is 5.82 Å². The minimum absolute atomic E-state index is 0.150. The van der Waals surface area contributed by atoms with Crippen molar-refractivity contribution in [2.45, 2.75) is 20.3 Å². The first-order valence-corrected chi connectivity index (χ1v) is 6.91. The Labute approximate surface area is 127 Å². The molecule has 0 saturated heterocycles. The van der Waals surface area contributed by atoms with Gasteiger partial charge in [0.25, 0.3) is 0 Å². The third kappa shape index (κ3) is 3.73. The molecule has 0 radical (unpaired) electrons. The lowest BCUT2D eigenvalue weighted by Crippen LogP contribution is -2.08. The van der Waals surface area contributed by atoms with E-state index in [1.54, 1.807) is 25.1 Å². The fraction of sp³-hybridized carbons (Fsp3) is 0.188. The van der Waals surface area contributed by atoms with Crippen molar-refractivity contribution < 1.29 is 13.9 Å². The Balaban J connectivity index is 2.37. The number of rotatable bonds is 4. The van der Waals surface area contributed by atoms with Crippen LogP contribution in [-0.4, -0.2) is 5.97 Å². The van der Waals surface area contributed by atoms with Crippen molar-refractivity contribution in [2.75, 3.05) is 5.32 Å². The number of para-hydroxylation sites is 1. The van der Waals surface area contributed by atoms with E-state index in [0.29, 0.717) is 11.4 Å². The SMILES string of the molecule is CCC(=O)Oc1cc(C)ccc1Nc1c(F)cccc1Cl. The zero-order valence-electron chi connectivity index (χ0n) is 11.7. The molecule has 0 amide bonds. The lowest BCUT2D eigenvalue weighted by molar-refractivity contribution is -0.133. The average molecular weight is 308 g/mol. The molecule has 5 heteroatoms. The van der Waals surface area contributed by atoms with E-state index in [0.717, 1.165) is 5.56 Å². The first kappa shape index (κ1) is 15.3. The van der Waals surface area contributed by atoms with Gasteiger partial charge in [0.2, 0.25) is 0 Å². The number of halogens is 2. The molecule has 110 valence electrons. The molecule has 0 unspecified atom stereocenters. The Morgan fingerprint density at radius 3 is 2.76 bits per heavy atom. The molecule has 21 heavy (non-hydrogen) atoms. The van der Waals surface area contributed by atoms with E-state index in [1.807, 2.05) is 13.0 Å². The number of esters is 1. The molecule has 0 spiro atoms. The van der Waals surface area contributed by atoms with Gasteiger partial charge in [0.15, 0.2) is 5.75 Å². The van der Waals surface area contributed by atoms with Gasteiger partial charge in [-0.05, 0) is 36.8 Å². The molecular formula is C16H15ClFNO2. The molecule has 0 bridgehead atoms. The highest BCUT2D eigenvalue weighted by molar-refractivity contribution is 6.33. The number of benzene rings is 2. The Bertz CT molecular complexity index is 653. The van der Waals surface area contributed by atoms with E-state index in [-0.39, 0.29) is 23.1 Å². The average Bonchev–Trinajstić information content (AvgIpc) is 2.45. The van der Waals surface area contributed by atoms with Crippen LogP contribution >= 0.6 is 11.6 Å². The second kappa shape index (κ2) is 6.59. The van der Waals surface area contributed by atoms with E-state index < -0.39 is 5.82 Å². The van der Waals surface area contributed by atoms with E-state index >= 15 is 0 Å². The molecule has 0 heterocycles. The predicted molar refractivity (Wildman–Crippen MR) is 81.8 cm³/mol. The molecule has 2 rings (SSSR count). The van der Waals surface area contributed by atoms with E-state index in [2.05, 4.69) is 5.32 Å². The summed E-state index contributed by atoms with van der Waals surface area (Å²) in [6.45, 7) is 3.59. The third-order valence-corrected chi connectivity index (χ3v) is 3.19. The summed E-state index contributed by atoms with van der Waals surface area (Å²) in [6.07, 6.45) is 0.258. The molecule has 2 aromatic carbocycles. The van der Waals surface area contributed by atoms with Crippen LogP contribution in [0.15, 0.2) is 36.4 Å².